The molecule has 2 N–H and O–H groups in total. The number of hydrogen-bond donors (Lipinski definition) is 2. The van der Waals surface area contributed by atoms with Gasteiger partial charge in [-0.15, -0.1) is 116 Å². The van der Waals surface area contributed by atoms with E-state index in [-0.39, 0.29) is 56.4 Å². The molecule has 0 aliphatic heterocycles. The fourth-order valence-corrected chi connectivity index (χ4v) is 176. The van der Waals surface area contributed by atoms with Crippen LogP contribution in [0.2, 0.25) is 0 Å². The van der Waals surface area contributed by atoms with Crippen molar-refractivity contribution in [1.29, 1.82) is 0 Å². The van der Waals surface area contributed by atoms with Crippen molar-refractivity contribution >= 4 is 210 Å². The van der Waals surface area contributed by atoms with E-state index in [4.69, 9.17) is 0 Å². The highest BCUT2D eigenvalue weighted by atomic mass is 33.3. The number of rotatable bonds is 17. The molecule has 0 saturated carbocycles. The van der Waals surface area contributed by atoms with E-state index in [0.717, 1.165) is 7.96 Å². The summed E-state index contributed by atoms with van der Waals surface area (Å²) in [6, 6.07) is 0. The Bertz CT molecular complexity index is 997. The van der Waals surface area contributed by atoms with E-state index in [2.05, 4.69) is 192 Å². The SMILES string of the molecule is CNC=CC=CC=P(P)(P)C=P(P)(C=CC=CC=CC=[NH+]P(P(P(P)P)P(P)P)P(P(P)P)P(P)PP)P(P)P. The predicted molar refractivity (Wildman–Crippen MR) is 278 cm³/mol. The van der Waals surface area contributed by atoms with Gasteiger partial charge in [-0.25, -0.2) is 4.76 Å². The largest absolute Gasteiger partial charge is 0.394 e. The molecule has 0 aliphatic rings. The average molecular weight is 985 g/mol. The summed E-state index contributed by atoms with van der Waals surface area (Å²) < 4.78 is 3.96. The minimum absolute atomic E-state index is 0.0260. The number of nitrogens with one attached hydrogen (secondary N) is 2. The molecular weight excluding hydrogens is 940 g/mol. The van der Waals surface area contributed by atoms with Gasteiger partial charge < -0.3 is 5.32 Å². The Morgan fingerprint density at radius 3 is 1.73 bits per heavy atom. The van der Waals surface area contributed by atoms with Crippen molar-refractivity contribution in [1.82, 2.24) is 5.32 Å². The van der Waals surface area contributed by atoms with Crippen LogP contribution >= 0.6 is 193 Å². The van der Waals surface area contributed by atoms with Crippen molar-refractivity contribution in [3.8, 4) is 0 Å². The maximum atomic E-state index is 3.96. The summed E-state index contributed by atoms with van der Waals surface area (Å²) in [5, 5.41) is 3.01. The molecule has 0 rings (SSSR count). The average Bonchev–Trinajstić information content (AvgIpc) is 2.84. The Balaban J connectivity index is 5.84. The highest BCUT2D eigenvalue weighted by Crippen LogP contribution is 3.20. The van der Waals surface area contributed by atoms with E-state index >= 15 is 0 Å². The second kappa shape index (κ2) is 27.8. The molecular formula is C14H45N2P24+. The van der Waals surface area contributed by atoms with Crippen LogP contribution in [0.5, 0.6) is 0 Å². The van der Waals surface area contributed by atoms with Crippen LogP contribution in [-0.4, -0.2) is 24.6 Å². The van der Waals surface area contributed by atoms with Crippen LogP contribution in [0.15, 0.2) is 60.6 Å². The molecule has 0 amide bonds. The molecule has 0 aromatic heterocycles. The third-order valence-electron chi connectivity index (χ3n) is 3.95. The van der Waals surface area contributed by atoms with Gasteiger partial charge in [0.05, 0.1) is 14.0 Å². The molecule has 2 nitrogen and oxygen atoms in total. The molecule has 0 heterocycles. The molecule has 0 aromatic carbocycles. The fourth-order valence-electron chi connectivity index (χ4n) is 2.34. The lowest BCUT2D eigenvalue weighted by atomic mass is 10.4. The normalized spacial score (nSPS) is 18.1. The summed E-state index contributed by atoms with van der Waals surface area (Å²) in [6.45, 7) is -0.802. The Morgan fingerprint density at radius 2 is 1.23 bits per heavy atom. The van der Waals surface area contributed by atoms with Crippen LogP contribution in [0.25, 0.3) is 0 Å². The van der Waals surface area contributed by atoms with Crippen molar-refractivity contribution in [2.45, 2.75) is 0 Å². The Kier molecular flexibility index (Phi) is 33.6. The summed E-state index contributed by atoms with van der Waals surface area (Å²) in [7, 11) is 43.2. The van der Waals surface area contributed by atoms with E-state index in [1.54, 1.807) is 0 Å². The zero-order chi connectivity index (χ0) is 30.9. The lowest BCUT2D eigenvalue weighted by Gasteiger charge is -2.34. The summed E-state index contributed by atoms with van der Waals surface area (Å²) in [4.78, 5) is 0. The van der Waals surface area contributed by atoms with Gasteiger partial charge in [0.25, 0.3) is 0 Å². The van der Waals surface area contributed by atoms with Gasteiger partial charge in [0, 0.05) is 13.1 Å². The summed E-state index contributed by atoms with van der Waals surface area (Å²) in [5.74, 6) is 4.72. The van der Waals surface area contributed by atoms with E-state index in [0.29, 0.717) is 0 Å². The van der Waals surface area contributed by atoms with Gasteiger partial charge in [0.1, 0.15) is 0 Å². The molecule has 0 fully saturated rings. The molecule has 0 bridgehead atoms. The first-order chi connectivity index (χ1) is 18.6. The maximum absolute atomic E-state index is 3.96. The summed E-state index contributed by atoms with van der Waals surface area (Å²) >= 11 is 0. The Morgan fingerprint density at radius 1 is 0.700 bits per heavy atom. The minimum Gasteiger partial charge on any atom is -0.394 e. The van der Waals surface area contributed by atoms with Crippen molar-refractivity contribution in [3.63, 3.8) is 0 Å². The predicted octanol–water partition coefficient (Wildman–Crippen LogP) is 13.7. The third kappa shape index (κ3) is 21.6. The van der Waals surface area contributed by atoms with Gasteiger partial charge >= 0.3 is 0 Å². The van der Waals surface area contributed by atoms with Gasteiger partial charge in [-0.3, -0.25) is 0 Å². The highest BCUT2D eigenvalue weighted by molar-refractivity contribution is 9.24. The van der Waals surface area contributed by atoms with Crippen molar-refractivity contribution < 1.29 is 4.76 Å². The van der Waals surface area contributed by atoms with Crippen molar-refractivity contribution in [2.24, 2.45) is 0 Å². The van der Waals surface area contributed by atoms with Crippen LogP contribution < -0.4 is 10.1 Å². The molecule has 230 valence electrons. The van der Waals surface area contributed by atoms with Gasteiger partial charge in [-0.2, -0.15) is 0 Å². The number of allylic oxidation sites excluding steroid dienone is 8. The second-order valence-corrected chi connectivity index (χ2v) is 95.2. The standard InChI is InChI=1S/C14H44N2P24/c1-15-10-6-5-8-12-39(27,28)14-40(29,35(24)25)13-9-4-2-3-7-11-16-31(37(32(18)19)33(20)21)38(34(22)23)36(26)30-17/h2-15,30H,17-29H2,1H3/p+1. The molecule has 0 aliphatic carbocycles. The molecule has 0 saturated heterocycles. The van der Waals surface area contributed by atoms with Crippen molar-refractivity contribution in [2.75, 3.05) is 7.05 Å². The van der Waals surface area contributed by atoms with Crippen LogP contribution in [0.3, 0.4) is 0 Å². The first-order valence-corrected chi connectivity index (χ1v) is 53.3. The van der Waals surface area contributed by atoms with Gasteiger partial charge in [0.15, 0.2) is 6.21 Å². The molecule has 0 spiro atoms. The number of hydrogen-bond acceptors (Lipinski definition) is 1. The van der Waals surface area contributed by atoms with Gasteiger partial charge in [0.2, 0.25) is 7.45 Å². The molecule has 0 radical (unpaired) electrons. The first kappa shape index (κ1) is 48.2. The molecule has 26 heteroatoms. The Hall–Kier alpha value is 8.23. The fraction of sp³-hybridized carbons (Fsp3) is 0.0714. The lowest BCUT2D eigenvalue weighted by molar-refractivity contribution is -0.246. The van der Waals surface area contributed by atoms with Gasteiger partial charge in [-0.1, -0.05) is 62.3 Å². The summed E-state index contributed by atoms with van der Waals surface area (Å²) in [5.41, 5.74) is 2.57. The van der Waals surface area contributed by atoms with Gasteiger partial charge in [-0.05, 0) is 59.0 Å². The van der Waals surface area contributed by atoms with E-state index in [9.17, 15) is 0 Å². The van der Waals surface area contributed by atoms with Crippen LogP contribution in [0, 0.1) is 0 Å². The third-order valence-corrected chi connectivity index (χ3v) is 127. The van der Waals surface area contributed by atoms with E-state index in [1.165, 1.54) is 0 Å². The molecule has 18 atom stereocenters. The smallest absolute Gasteiger partial charge is 0.242 e. The van der Waals surface area contributed by atoms with E-state index < -0.39 is 12.5 Å². The minimum atomic E-state index is -1.44. The second-order valence-electron chi connectivity index (χ2n) is 7.21. The quantitative estimate of drug-likeness (QED) is 0.0848. The lowest BCUT2D eigenvalue weighted by Crippen LogP contribution is -2.58. The van der Waals surface area contributed by atoms with E-state index in [1.807, 2.05) is 19.3 Å². The highest BCUT2D eigenvalue weighted by Gasteiger charge is 2.43. The molecule has 0 aromatic rings. The van der Waals surface area contributed by atoms with Crippen LogP contribution in [-0.2, 0) is 0 Å². The van der Waals surface area contributed by atoms with Crippen LogP contribution in [0.1, 0.15) is 0 Å². The van der Waals surface area contributed by atoms with Crippen molar-refractivity contribution in [3.05, 3.63) is 60.6 Å². The zero-order valence-electron chi connectivity index (χ0n) is 22.0. The van der Waals surface area contributed by atoms with Crippen LogP contribution in [0.4, 0.5) is 0 Å². The zero-order valence-corrected chi connectivity index (χ0v) is 46.9. The molecule has 18 unspecified atom stereocenters. The Labute approximate surface area is 285 Å². The molecule has 40 heavy (non-hydrogen) atoms. The topological polar surface area (TPSA) is 26.0 Å². The summed E-state index contributed by atoms with van der Waals surface area (Å²) in [6.07, 6.45) is 18.3. The maximum Gasteiger partial charge on any atom is 0.242 e. The monoisotopic (exact) mass is 985 g/mol. The first-order valence-electron chi connectivity index (χ1n) is 10.7.